The first-order valence-electron chi connectivity index (χ1n) is 3.81. The molecule has 0 unspecified atom stereocenters. The molecule has 0 atom stereocenters. The van der Waals surface area contributed by atoms with Crippen molar-refractivity contribution in [2.75, 3.05) is 0 Å². The molecule has 3 nitrogen and oxygen atoms in total. The molecular formula is C10H9NO2. The van der Waals surface area contributed by atoms with Crippen LogP contribution in [0.25, 0.3) is 0 Å². The summed E-state index contributed by atoms with van der Waals surface area (Å²) in [7, 11) is 0. The summed E-state index contributed by atoms with van der Waals surface area (Å²) in [5.41, 5.74) is 0. The number of allylic oxidation sites excluding steroid dienone is 4. The number of aromatic nitrogens is 1. The van der Waals surface area contributed by atoms with Crippen LogP contribution in [0, 0.1) is 0 Å². The molecular weight excluding hydrogens is 166 g/mol. The fourth-order valence-corrected chi connectivity index (χ4v) is 0.717. The van der Waals surface area contributed by atoms with Gasteiger partial charge in [-0.2, -0.15) is 0 Å². The number of nitrogens with one attached hydrogen (secondary N) is 1. The van der Waals surface area contributed by atoms with Crippen LogP contribution < -0.4 is 0 Å². The fraction of sp³-hybridized carbons (Fsp3) is 0. The van der Waals surface area contributed by atoms with Crippen molar-refractivity contribution in [2.45, 2.75) is 0 Å². The number of hydrogen-bond donors (Lipinski definition) is 1. The molecule has 1 aromatic heterocycles. The van der Waals surface area contributed by atoms with Crippen LogP contribution in [-0.2, 0) is 9.59 Å². The summed E-state index contributed by atoms with van der Waals surface area (Å²) in [6.07, 6.45) is 8.76. The summed E-state index contributed by atoms with van der Waals surface area (Å²) in [6, 6.07) is 3.89. The second kappa shape index (κ2) is 4.87. The van der Waals surface area contributed by atoms with Crippen LogP contribution in [0.3, 0.4) is 0 Å². The van der Waals surface area contributed by atoms with E-state index in [-0.39, 0.29) is 11.6 Å². The second-order valence-corrected chi connectivity index (χ2v) is 2.36. The quantitative estimate of drug-likeness (QED) is 0.603. The molecule has 0 radical (unpaired) electrons. The number of rotatable bonds is 0. The molecule has 1 aromatic rings. The molecule has 0 bridgehead atoms. The molecule has 0 saturated carbocycles. The maximum atomic E-state index is 10.3. The molecule has 0 aliphatic heterocycles. The van der Waals surface area contributed by atoms with E-state index < -0.39 is 0 Å². The third-order valence-corrected chi connectivity index (χ3v) is 1.32. The normalized spacial score (nSPS) is 13.8. The minimum absolute atomic E-state index is 0.121. The van der Waals surface area contributed by atoms with E-state index >= 15 is 0 Å². The molecule has 0 spiro atoms. The van der Waals surface area contributed by atoms with E-state index in [0.29, 0.717) is 0 Å². The molecule has 1 aliphatic rings. The van der Waals surface area contributed by atoms with Gasteiger partial charge in [0.2, 0.25) is 0 Å². The third kappa shape index (κ3) is 3.86. The minimum atomic E-state index is -0.121. The lowest BCUT2D eigenvalue weighted by Gasteiger charge is -1.87. The monoisotopic (exact) mass is 175 g/mol. The standard InChI is InChI=1S/C6H4O2.C4H5N/c7-5-1-2-6(8)4-3-5;1-2-4-5-3-1/h1-4H;1-5H. The van der Waals surface area contributed by atoms with Crippen molar-refractivity contribution in [3.05, 3.63) is 48.8 Å². The maximum Gasteiger partial charge on any atom is 0.178 e. The van der Waals surface area contributed by atoms with Gasteiger partial charge in [0.1, 0.15) is 0 Å². The SMILES string of the molecule is O=C1C=CC(=O)C=C1.c1cc[nH]c1. The van der Waals surface area contributed by atoms with Gasteiger partial charge in [-0.1, -0.05) is 0 Å². The minimum Gasteiger partial charge on any atom is -0.368 e. The van der Waals surface area contributed by atoms with Crippen molar-refractivity contribution in [3.63, 3.8) is 0 Å². The third-order valence-electron chi connectivity index (χ3n) is 1.32. The molecule has 3 heteroatoms. The average molecular weight is 175 g/mol. The van der Waals surface area contributed by atoms with Crippen LogP contribution in [0.4, 0.5) is 0 Å². The van der Waals surface area contributed by atoms with Crippen LogP contribution in [0.5, 0.6) is 0 Å². The van der Waals surface area contributed by atoms with Crippen molar-refractivity contribution in [1.29, 1.82) is 0 Å². The molecule has 0 fully saturated rings. The van der Waals surface area contributed by atoms with Crippen molar-refractivity contribution < 1.29 is 9.59 Å². The summed E-state index contributed by atoms with van der Waals surface area (Å²) in [6.45, 7) is 0. The van der Waals surface area contributed by atoms with Crippen molar-refractivity contribution in [2.24, 2.45) is 0 Å². The van der Waals surface area contributed by atoms with Crippen LogP contribution in [0.15, 0.2) is 48.8 Å². The lowest BCUT2D eigenvalue weighted by Crippen LogP contribution is -1.97. The lowest BCUT2D eigenvalue weighted by molar-refractivity contribution is -0.113. The Morgan fingerprint density at radius 2 is 1.15 bits per heavy atom. The van der Waals surface area contributed by atoms with E-state index in [1.54, 1.807) is 0 Å². The first-order chi connectivity index (χ1) is 6.29. The highest BCUT2D eigenvalue weighted by Gasteiger charge is 1.97. The average Bonchev–Trinajstić information content (AvgIpc) is 2.68. The van der Waals surface area contributed by atoms with Crippen molar-refractivity contribution in [3.8, 4) is 0 Å². The Morgan fingerprint density at radius 1 is 0.769 bits per heavy atom. The number of carbonyl (C=O) groups is 2. The van der Waals surface area contributed by atoms with Gasteiger partial charge < -0.3 is 4.98 Å². The Morgan fingerprint density at radius 3 is 1.38 bits per heavy atom. The van der Waals surface area contributed by atoms with E-state index in [1.165, 1.54) is 24.3 Å². The first-order valence-corrected chi connectivity index (χ1v) is 3.81. The molecule has 1 aliphatic carbocycles. The number of H-pyrrole nitrogens is 1. The van der Waals surface area contributed by atoms with Gasteiger partial charge in [0, 0.05) is 12.4 Å². The Hall–Kier alpha value is -1.90. The Balaban J connectivity index is 0.000000145. The second-order valence-electron chi connectivity index (χ2n) is 2.36. The molecule has 0 saturated heterocycles. The van der Waals surface area contributed by atoms with Crippen LogP contribution in [0.1, 0.15) is 0 Å². The van der Waals surface area contributed by atoms with Crippen molar-refractivity contribution in [1.82, 2.24) is 4.98 Å². The number of aromatic amines is 1. The molecule has 0 aromatic carbocycles. The van der Waals surface area contributed by atoms with Gasteiger partial charge in [0.25, 0.3) is 0 Å². The van der Waals surface area contributed by atoms with Gasteiger partial charge in [0.05, 0.1) is 0 Å². The number of ketones is 2. The summed E-state index contributed by atoms with van der Waals surface area (Å²) in [5.74, 6) is -0.241. The molecule has 66 valence electrons. The predicted octanol–water partition coefficient (Wildman–Crippen LogP) is 1.27. The molecule has 1 N–H and O–H groups in total. The zero-order valence-electron chi connectivity index (χ0n) is 6.94. The molecule has 0 amide bonds. The highest BCUT2D eigenvalue weighted by molar-refractivity contribution is 6.14. The maximum absolute atomic E-state index is 10.3. The summed E-state index contributed by atoms with van der Waals surface area (Å²) >= 11 is 0. The zero-order valence-corrected chi connectivity index (χ0v) is 6.94. The van der Waals surface area contributed by atoms with E-state index in [1.807, 2.05) is 24.5 Å². The van der Waals surface area contributed by atoms with Gasteiger partial charge in [-0.3, -0.25) is 9.59 Å². The first kappa shape index (κ1) is 9.19. The topological polar surface area (TPSA) is 49.9 Å². The van der Waals surface area contributed by atoms with E-state index in [9.17, 15) is 9.59 Å². The summed E-state index contributed by atoms with van der Waals surface area (Å²) in [5, 5.41) is 0. The van der Waals surface area contributed by atoms with Crippen LogP contribution >= 0.6 is 0 Å². The van der Waals surface area contributed by atoms with Crippen LogP contribution in [0.2, 0.25) is 0 Å². The highest BCUT2D eigenvalue weighted by atomic mass is 16.1. The smallest absolute Gasteiger partial charge is 0.178 e. The van der Waals surface area contributed by atoms with E-state index in [0.717, 1.165) is 0 Å². The van der Waals surface area contributed by atoms with Gasteiger partial charge in [-0.15, -0.1) is 0 Å². The molecule has 2 rings (SSSR count). The van der Waals surface area contributed by atoms with Gasteiger partial charge >= 0.3 is 0 Å². The van der Waals surface area contributed by atoms with Crippen molar-refractivity contribution >= 4 is 11.6 Å². The largest absolute Gasteiger partial charge is 0.368 e. The van der Waals surface area contributed by atoms with E-state index in [4.69, 9.17) is 0 Å². The fourth-order valence-electron chi connectivity index (χ4n) is 0.717. The Labute approximate surface area is 75.8 Å². The molecule has 13 heavy (non-hydrogen) atoms. The highest BCUT2D eigenvalue weighted by Crippen LogP contribution is 1.90. The molecule has 1 heterocycles. The van der Waals surface area contributed by atoms with Gasteiger partial charge in [0.15, 0.2) is 11.6 Å². The van der Waals surface area contributed by atoms with Gasteiger partial charge in [-0.25, -0.2) is 0 Å². The lowest BCUT2D eigenvalue weighted by atomic mass is 10.2. The van der Waals surface area contributed by atoms with E-state index in [2.05, 4.69) is 4.98 Å². The summed E-state index contributed by atoms with van der Waals surface area (Å²) in [4.78, 5) is 23.4. The zero-order chi connectivity index (χ0) is 9.52. The predicted molar refractivity (Wildman–Crippen MR) is 49.1 cm³/mol. The Kier molecular flexibility index (Phi) is 3.45. The van der Waals surface area contributed by atoms with Gasteiger partial charge in [-0.05, 0) is 36.4 Å². The van der Waals surface area contributed by atoms with Crippen LogP contribution in [-0.4, -0.2) is 16.6 Å². The number of hydrogen-bond acceptors (Lipinski definition) is 2. The number of carbonyl (C=O) groups excluding carboxylic acids is 2. The Bertz CT molecular complexity index is 279. The summed E-state index contributed by atoms with van der Waals surface area (Å²) < 4.78 is 0.